The van der Waals surface area contributed by atoms with Gasteiger partial charge in [-0.05, 0) is 25.5 Å². The van der Waals surface area contributed by atoms with Crippen molar-refractivity contribution >= 4 is 0 Å². The van der Waals surface area contributed by atoms with Crippen LogP contribution in [0, 0.1) is 25.2 Å². The van der Waals surface area contributed by atoms with Crippen molar-refractivity contribution in [2.45, 2.75) is 13.8 Å². The van der Waals surface area contributed by atoms with Gasteiger partial charge in [-0.1, -0.05) is 0 Å². The molecule has 0 aliphatic carbocycles. The number of aromatic nitrogens is 4. The van der Waals surface area contributed by atoms with E-state index < -0.39 is 0 Å². The molecule has 0 N–H and O–H groups in total. The Kier molecular flexibility index (Phi) is 2.41. The summed E-state index contributed by atoms with van der Waals surface area (Å²) in [6, 6.07) is 3.70. The van der Waals surface area contributed by atoms with Crippen molar-refractivity contribution in [1.29, 1.82) is 5.26 Å². The van der Waals surface area contributed by atoms with Crippen LogP contribution in [0.25, 0.3) is 11.3 Å². The van der Waals surface area contributed by atoms with Crippen molar-refractivity contribution in [1.82, 2.24) is 20.0 Å². The Balaban J connectivity index is 2.57. The minimum atomic E-state index is 0.336. The fraction of sp³-hybridized carbons (Fsp3) is 0.273. The summed E-state index contributed by atoms with van der Waals surface area (Å²) >= 11 is 0. The van der Waals surface area contributed by atoms with Gasteiger partial charge >= 0.3 is 0 Å². The van der Waals surface area contributed by atoms with Crippen molar-refractivity contribution in [2.75, 3.05) is 0 Å². The third kappa shape index (κ3) is 1.65. The quantitative estimate of drug-likeness (QED) is 0.717. The van der Waals surface area contributed by atoms with Crippen LogP contribution in [-0.2, 0) is 7.05 Å². The standard InChI is InChI=1S/C11H11N5/c1-7-4-9(5-12)13-14-11(7)10-6-16(3)15-8(10)2/h4,6H,1-3H3. The minimum Gasteiger partial charge on any atom is -0.275 e. The van der Waals surface area contributed by atoms with E-state index in [1.54, 1.807) is 10.7 Å². The molecule has 80 valence electrons. The van der Waals surface area contributed by atoms with E-state index in [-0.39, 0.29) is 0 Å². The SMILES string of the molecule is Cc1cc(C#N)nnc1-c1cn(C)nc1C. The number of rotatable bonds is 1. The largest absolute Gasteiger partial charge is 0.275 e. The van der Waals surface area contributed by atoms with Gasteiger partial charge in [0, 0.05) is 18.8 Å². The molecule has 16 heavy (non-hydrogen) atoms. The van der Waals surface area contributed by atoms with E-state index in [1.807, 2.05) is 33.2 Å². The molecule has 0 spiro atoms. The van der Waals surface area contributed by atoms with Crippen LogP contribution < -0.4 is 0 Å². The number of nitriles is 1. The van der Waals surface area contributed by atoms with E-state index in [4.69, 9.17) is 5.26 Å². The predicted octanol–water partition coefficient (Wildman–Crippen LogP) is 1.37. The fourth-order valence-electron chi connectivity index (χ4n) is 1.64. The van der Waals surface area contributed by atoms with Gasteiger partial charge in [-0.3, -0.25) is 4.68 Å². The second-order valence-corrected chi connectivity index (χ2v) is 3.67. The third-order valence-corrected chi connectivity index (χ3v) is 2.37. The number of nitrogens with zero attached hydrogens (tertiary/aromatic N) is 5. The smallest absolute Gasteiger partial charge is 0.163 e. The lowest BCUT2D eigenvalue weighted by molar-refractivity contribution is 0.756. The maximum absolute atomic E-state index is 8.71. The summed E-state index contributed by atoms with van der Waals surface area (Å²) in [5.41, 5.74) is 3.91. The predicted molar refractivity (Wildman–Crippen MR) is 58.4 cm³/mol. The molecule has 0 aliphatic rings. The first-order chi connectivity index (χ1) is 7.61. The first-order valence-electron chi connectivity index (χ1n) is 4.87. The van der Waals surface area contributed by atoms with E-state index >= 15 is 0 Å². The molecule has 0 aromatic carbocycles. The monoisotopic (exact) mass is 213 g/mol. The molecule has 5 nitrogen and oxygen atoms in total. The Morgan fingerprint density at radius 1 is 1.31 bits per heavy atom. The van der Waals surface area contributed by atoms with Crippen LogP contribution in [0.3, 0.4) is 0 Å². The molecule has 0 atom stereocenters. The second-order valence-electron chi connectivity index (χ2n) is 3.67. The average Bonchev–Trinajstić information content (AvgIpc) is 2.57. The number of aryl methyl sites for hydroxylation is 3. The van der Waals surface area contributed by atoms with E-state index in [0.717, 1.165) is 22.5 Å². The van der Waals surface area contributed by atoms with Gasteiger partial charge in [0.15, 0.2) is 5.69 Å². The lowest BCUT2D eigenvalue weighted by Crippen LogP contribution is -1.95. The van der Waals surface area contributed by atoms with Crippen molar-refractivity contribution in [3.8, 4) is 17.3 Å². The van der Waals surface area contributed by atoms with Crippen LogP contribution in [0.5, 0.6) is 0 Å². The Morgan fingerprint density at radius 2 is 2.06 bits per heavy atom. The topological polar surface area (TPSA) is 67.4 Å². The van der Waals surface area contributed by atoms with Crippen LogP contribution in [-0.4, -0.2) is 20.0 Å². The van der Waals surface area contributed by atoms with Gasteiger partial charge in [-0.25, -0.2) is 0 Å². The summed E-state index contributed by atoms with van der Waals surface area (Å²) in [7, 11) is 1.86. The Labute approximate surface area is 93.4 Å². The first kappa shape index (κ1) is 10.3. The van der Waals surface area contributed by atoms with Gasteiger partial charge in [0.25, 0.3) is 0 Å². The summed E-state index contributed by atoms with van der Waals surface area (Å²) in [5, 5.41) is 20.9. The normalized spacial score (nSPS) is 10.1. The highest BCUT2D eigenvalue weighted by Gasteiger charge is 2.11. The summed E-state index contributed by atoms with van der Waals surface area (Å²) in [4.78, 5) is 0. The van der Waals surface area contributed by atoms with Crippen LogP contribution in [0.15, 0.2) is 12.3 Å². The third-order valence-electron chi connectivity index (χ3n) is 2.37. The zero-order valence-corrected chi connectivity index (χ0v) is 9.39. The molecular formula is C11H11N5. The van der Waals surface area contributed by atoms with Crippen LogP contribution in [0.1, 0.15) is 17.0 Å². The molecule has 0 saturated carbocycles. The van der Waals surface area contributed by atoms with Gasteiger partial charge in [0.05, 0.1) is 11.4 Å². The highest BCUT2D eigenvalue weighted by molar-refractivity contribution is 5.64. The average molecular weight is 213 g/mol. The maximum Gasteiger partial charge on any atom is 0.163 e. The minimum absolute atomic E-state index is 0.336. The van der Waals surface area contributed by atoms with Gasteiger partial charge in [-0.15, -0.1) is 10.2 Å². The molecule has 2 heterocycles. The molecule has 0 radical (unpaired) electrons. The van der Waals surface area contributed by atoms with E-state index in [1.165, 1.54) is 0 Å². The molecule has 2 aromatic heterocycles. The van der Waals surface area contributed by atoms with Crippen molar-refractivity contribution in [3.05, 3.63) is 29.2 Å². The first-order valence-corrected chi connectivity index (χ1v) is 4.87. The Morgan fingerprint density at radius 3 is 2.56 bits per heavy atom. The van der Waals surface area contributed by atoms with Gasteiger partial charge in [-0.2, -0.15) is 10.4 Å². The molecule has 0 amide bonds. The number of hydrogen-bond donors (Lipinski definition) is 0. The van der Waals surface area contributed by atoms with Crippen LogP contribution in [0.2, 0.25) is 0 Å². The van der Waals surface area contributed by atoms with Gasteiger partial charge in [0.2, 0.25) is 0 Å². The van der Waals surface area contributed by atoms with E-state index in [9.17, 15) is 0 Å². The van der Waals surface area contributed by atoms with Gasteiger partial charge in [0.1, 0.15) is 6.07 Å². The van der Waals surface area contributed by atoms with Gasteiger partial charge < -0.3 is 0 Å². The number of hydrogen-bond acceptors (Lipinski definition) is 4. The molecule has 0 bridgehead atoms. The highest BCUT2D eigenvalue weighted by atomic mass is 15.3. The molecule has 0 aliphatic heterocycles. The second kappa shape index (κ2) is 3.74. The van der Waals surface area contributed by atoms with E-state index in [2.05, 4.69) is 15.3 Å². The highest BCUT2D eigenvalue weighted by Crippen LogP contribution is 2.22. The molecule has 2 aromatic rings. The Bertz CT molecular complexity index is 577. The van der Waals surface area contributed by atoms with Crippen molar-refractivity contribution < 1.29 is 0 Å². The lowest BCUT2D eigenvalue weighted by Gasteiger charge is -2.01. The summed E-state index contributed by atoms with van der Waals surface area (Å²) in [5.74, 6) is 0. The molecule has 2 rings (SSSR count). The van der Waals surface area contributed by atoms with Crippen LogP contribution in [0.4, 0.5) is 0 Å². The summed E-state index contributed by atoms with van der Waals surface area (Å²) < 4.78 is 1.74. The van der Waals surface area contributed by atoms with Crippen molar-refractivity contribution in [3.63, 3.8) is 0 Å². The fourth-order valence-corrected chi connectivity index (χ4v) is 1.64. The molecule has 0 fully saturated rings. The van der Waals surface area contributed by atoms with E-state index in [0.29, 0.717) is 5.69 Å². The van der Waals surface area contributed by atoms with Crippen molar-refractivity contribution in [2.24, 2.45) is 7.05 Å². The molecule has 0 saturated heterocycles. The zero-order valence-electron chi connectivity index (χ0n) is 9.39. The molecule has 5 heteroatoms. The molecular weight excluding hydrogens is 202 g/mol. The zero-order chi connectivity index (χ0) is 11.7. The lowest BCUT2D eigenvalue weighted by atomic mass is 10.1. The van der Waals surface area contributed by atoms with Crippen LogP contribution >= 0.6 is 0 Å². The summed E-state index contributed by atoms with van der Waals surface area (Å²) in [6.07, 6.45) is 1.90. The maximum atomic E-state index is 8.71. The molecule has 0 unspecified atom stereocenters. The Hall–Kier alpha value is -2.22. The summed E-state index contributed by atoms with van der Waals surface area (Å²) in [6.45, 7) is 3.84.